The Morgan fingerprint density at radius 2 is 1.70 bits per heavy atom. The summed E-state index contributed by atoms with van der Waals surface area (Å²) in [5, 5.41) is 8.40. The maximum Gasteiger partial charge on any atom is 0.228 e. The molecule has 1 N–H and O–H groups in total. The molecule has 0 fully saturated rings. The summed E-state index contributed by atoms with van der Waals surface area (Å²) < 4.78 is 5.31. The first-order valence-corrected chi connectivity index (χ1v) is 9.09. The maximum absolute atomic E-state index is 5.31. The van der Waals surface area contributed by atoms with Crippen molar-refractivity contribution >= 4 is 16.7 Å². The first-order chi connectivity index (χ1) is 13.2. The lowest BCUT2D eigenvalue weighted by Crippen LogP contribution is -2.08. The molecule has 0 amide bonds. The van der Waals surface area contributed by atoms with E-state index < -0.39 is 0 Å². The molecule has 2 heterocycles. The van der Waals surface area contributed by atoms with E-state index in [1.54, 1.807) is 0 Å². The molecule has 4 aromatic rings. The van der Waals surface area contributed by atoms with Gasteiger partial charge >= 0.3 is 0 Å². The van der Waals surface area contributed by atoms with Crippen LogP contribution >= 0.6 is 0 Å². The van der Waals surface area contributed by atoms with Crippen LogP contribution in [0.4, 0.5) is 5.82 Å². The predicted octanol–water partition coefficient (Wildman–Crippen LogP) is 4.46. The van der Waals surface area contributed by atoms with Gasteiger partial charge in [0.25, 0.3) is 0 Å². The van der Waals surface area contributed by atoms with Crippen molar-refractivity contribution in [3.05, 3.63) is 66.3 Å². The lowest BCUT2D eigenvalue weighted by molar-refractivity contribution is 0.373. The fraction of sp³-hybridized carbons (Fsp3) is 0.238. The van der Waals surface area contributed by atoms with E-state index in [1.165, 1.54) is 0 Å². The normalized spacial score (nSPS) is 11.2. The van der Waals surface area contributed by atoms with Crippen LogP contribution < -0.4 is 5.32 Å². The summed E-state index contributed by atoms with van der Waals surface area (Å²) in [5.74, 6) is 3.14. The summed E-state index contributed by atoms with van der Waals surface area (Å²) in [5.41, 5.74) is 1.90. The molecule has 0 atom stereocenters. The lowest BCUT2D eigenvalue weighted by Gasteiger charge is -2.10. The van der Waals surface area contributed by atoms with Gasteiger partial charge in [0.05, 0.1) is 5.52 Å². The number of fused-ring (bicyclic) bond motifs is 1. The number of benzene rings is 2. The van der Waals surface area contributed by atoms with Gasteiger partial charge in [0.1, 0.15) is 5.82 Å². The molecule has 136 valence electrons. The Labute approximate surface area is 157 Å². The van der Waals surface area contributed by atoms with Crippen molar-refractivity contribution < 1.29 is 4.52 Å². The Morgan fingerprint density at radius 1 is 0.926 bits per heavy atom. The van der Waals surface area contributed by atoms with E-state index in [-0.39, 0.29) is 5.92 Å². The van der Waals surface area contributed by atoms with Crippen molar-refractivity contribution in [3.8, 4) is 11.4 Å². The molecule has 2 aromatic carbocycles. The molecule has 0 unspecified atom stereocenters. The fourth-order valence-corrected chi connectivity index (χ4v) is 2.82. The summed E-state index contributed by atoms with van der Waals surface area (Å²) in [4.78, 5) is 13.9. The molecular formula is C21H21N5O. The summed E-state index contributed by atoms with van der Waals surface area (Å²) in [6.45, 7) is 4.74. The number of anilines is 1. The van der Waals surface area contributed by atoms with Crippen LogP contribution in [0.25, 0.3) is 22.3 Å². The Morgan fingerprint density at radius 3 is 2.48 bits per heavy atom. The Bertz CT molecular complexity index is 1040. The number of rotatable bonds is 6. The molecule has 0 spiro atoms. The van der Waals surface area contributed by atoms with E-state index in [1.807, 2.05) is 68.4 Å². The van der Waals surface area contributed by atoms with Gasteiger partial charge in [-0.25, -0.2) is 9.97 Å². The van der Waals surface area contributed by atoms with Crippen LogP contribution in [0.1, 0.15) is 31.5 Å². The summed E-state index contributed by atoms with van der Waals surface area (Å²) in [7, 11) is 0. The average molecular weight is 359 g/mol. The molecule has 0 saturated carbocycles. The maximum atomic E-state index is 5.31. The first-order valence-electron chi connectivity index (χ1n) is 9.09. The molecule has 0 aliphatic carbocycles. The highest BCUT2D eigenvalue weighted by atomic mass is 16.5. The van der Waals surface area contributed by atoms with Crippen molar-refractivity contribution in [1.29, 1.82) is 0 Å². The van der Waals surface area contributed by atoms with Gasteiger partial charge in [-0.15, -0.1) is 0 Å². The van der Waals surface area contributed by atoms with Gasteiger partial charge < -0.3 is 9.84 Å². The topological polar surface area (TPSA) is 76.7 Å². The van der Waals surface area contributed by atoms with Gasteiger partial charge in [-0.1, -0.05) is 61.5 Å². The van der Waals surface area contributed by atoms with E-state index in [0.29, 0.717) is 24.7 Å². The molecule has 0 aliphatic rings. The van der Waals surface area contributed by atoms with E-state index >= 15 is 0 Å². The van der Waals surface area contributed by atoms with E-state index in [4.69, 9.17) is 14.5 Å². The number of nitrogens with zero attached hydrogens (tertiary/aromatic N) is 4. The molecule has 0 bridgehead atoms. The molecule has 0 saturated heterocycles. The second-order valence-electron chi connectivity index (χ2n) is 6.66. The van der Waals surface area contributed by atoms with Gasteiger partial charge in [-0.3, -0.25) is 0 Å². The second-order valence-corrected chi connectivity index (χ2v) is 6.66. The number of para-hydroxylation sites is 1. The highest BCUT2D eigenvalue weighted by molar-refractivity contribution is 5.90. The van der Waals surface area contributed by atoms with Crippen molar-refractivity contribution in [2.75, 3.05) is 11.9 Å². The fourth-order valence-electron chi connectivity index (χ4n) is 2.82. The van der Waals surface area contributed by atoms with Crippen LogP contribution in [0.5, 0.6) is 0 Å². The smallest absolute Gasteiger partial charge is 0.228 e. The zero-order valence-corrected chi connectivity index (χ0v) is 15.4. The summed E-state index contributed by atoms with van der Waals surface area (Å²) in [6, 6.07) is 18.0. The van der Waals surface area contributed by atoms with Gasteiger partial charge in [-0.05, 0) is 12.1 Å². The highest BCUT2D eigenvalue weighted by Crippen LogP contribution is 2.24. The van der Waals surface area contributed by atoms with Crippen LogP contribution in [0.15, 0.2) is 59.1 Å². The second kappa shape index (κ2) is 7.53. The summed E-state index contributed by atoms with van der Waals surface area (Å²) >= 11 is 0. The summed E-state index contributed by atoms with van der Waals surface area (Å²) in [6.07, 6.45) is 0.638. The molecule has 0 aliphatic heterocycles. The minimum absolute atomic E-state index is 0.259. The number of hydrogen-bond donors (Lipinski definition) is 1. The quantitative estimate of drug-likeness (QED) is 0.548. The Balaban J connectivity index is 1.58. The van der Waals surface area contributed by atoms with Crippen LogP contribution in [-0.4, -0.2) is 26.7 Å². The largest absolute Gasteiger partial charge is 0.369 e. The molecule has 27 heavy (non-hydrogen) atoms. The Kier molecular flexibility index (Phi) is 4.78. The minimum atomic E-state index is 0.259. The van der Waals surface area contributed by atoms with Crippen LogP contribution in [-0.2, 0) is 6.42 Å². The van der Waals surface area contributed by atoms with E-state index in [9.17, 15) is 0 Å². The van der Waals surface area contributed by atoms with Gasteiger partial charge in [0.2, 0.25) is 5.89 Å². The standard InChI is InChI=1S/C21H21N5O/c1-14(2)19-24-18(27-26-19)12-13-22-21-16-10-6-7-11-17(16)23-20(25-21)15-8-4-3-5-9-15/h3-11,14H,12-13H2,1-2H3,(H,22,23,25). The molecule has 4 rings (SSSR count). The van der Waals surface area contributed by atoms with Crippen molar-refractivity contribution in [2.45, 2.75) is 26.2 Å². The van der Waals surface area contributed by atoms with Crippen LogP contribution in [0, 0.1) is 0 Å². The van der Waals surface area contributed by atoms with Crippen LogP contribution in [0.3, 0.4) is 0 Å². The molecule has 0 radical (unpaired) electrons. The van der Waals surface area contributed by atoms with E-state index in [0.717, 1.165) is 28.1 Å². The van der Waals surface area contributed by atoms with Crippen molar-refractivity contribution in [2.24, 2.45) is 0 Å². The van der Waals surface area contributed by atoms with Crippen molar-refractivity contribution in [3.63, 3.8) is 0 Å². The number of aromatic nitrogens is 4. The molecular weight excluding hydrogens is 338 g/mol. The zero-order chi connectivity index (χ0) is 18.6. The molecule has 2 aromatic heterocycles. The van der Waals surface area contributed by atoms with Gasteiger partial charge in [0, 0.05) is 29.8 Å². The number of nitrogens with one attached hydrogen (secondary N) is 1. The van der Waals surface area contributed by atoms with Gasteiger partial charge in [0.15, 0.2) is 11.6 Å². The zero-order valence-electron chi connectivity index (χ0n) is 15.4. The minimum Gasteiger partial charge on any atom is -0.369 e. The highest BCUT2D eigenvalue weighted by Gasteiger charge is 2.11. The van der Waals surface area contributed by atoms with Crippen LogP contribution in [0.2, 0.25) is 0 Å². The lowest BCUT2D eigenvalue weighted by atomic mass is 10.2. The van der Waals surface area contributed by atoms with Crippen molar-refractivity contribution in [1.82, 2.24) is 20.1 Å². The van der Waals surface area contributed by atoms with Gasteiger partial charge in [-0.2, -0.15) is 4.98 Å². The third-order valence-electron chi connectivity index (χ3n) is 4.27. The third-order valence-corrected chi connectivity index (χ3v) is 4.27. The number of hydrogen-bond acceptors (Lipinski definition) is 6. The monoisotopic (exact) mass is 359 g/mol. The average Bonchev–Trinajstić information content (AvgIpc) is 3.18. The first kappa shape index (κ1) is 17.1. The van der Waals surface area contributed by atoms with E-state index in [2.05, 4.69) is 15.5 Å². The molecule has 6 nitrogen and oxygen atoms in total. The molecule has 6 heteroatoms. The Hall–Kier alpha value is -3.28. The predicted molar refractivity (Wildman–Crippen MR) is 106 cm³/mol. The third kappa shape index (κ3) is 3.79. The SMILES string of the molecule is CC(C)c1noc(CCNc2nc(-c3ccccc3)nc3ccccc23)n1.